The van der Waals surface area contributed by atoms with E-state index in [9.17, 15) is 0 Å². The van der Waals surface area contributed by atoms with Crippen molar-refractivity contribution in [2.45, 2.75) is 156 Å². The molecule has 9 aromatic rings. The molecule has 3 N–H and O–H groups in total. The number of aromatic nitrogens is 6. The number of rotatable bonds is 21. The van der Waals surface area contributed by atoms with Crippen LogP contribution < -0.4 is 30.2 Å². The van der Waals surface area contributed by atoms with Gasteiger partial charge in [-0.15, -0.1) is 0 Å². The van der Waals surface area contributed by atoms with Gasteiger partial charge in [-0.2, -0.15) is 15.0 Å². The van der Waals surface area contributed by atoms with Gasteiger partial charge in [-0.25, -0.2) is 14.5 Å². The Balaban J connectivity index is 0.000000170. The lowest BCUT2D eigenvalue weighted by Gasteiger charge is -2.13. The number of hydrogen-bond donors (Lipinski definition) is 3. The van der Waals surface area contributed by atoms with Crippen molar-refractivity contribution in [3.63, 3.8) is 0 Å². The summed E-state index contributed by atoms with van der Waals surface area (Å²) in [4.78, 5) is 23.9. The molecular formula is C72H78N12O6. The molecule has 3 atom stereocenters. The Morgan fingerprint density at radius 1 is 0.489 bits per heavy atom. The van der Waals surface area contributed by atoms with Crippen LogP contribution in [0.1, 0.15) is 174 Å². The third-order valence-corrected chi connectivity index (χ3v) is 13.8. The maximum atomic E-state index is 8.66. The van der Waals surface area contributed by atoms with E-state index >= 15 is 0 Å². The average molecular weight is 1220 g/mol. The van der Waals surface area contributed by atoms with Crippen molar-refractivity contribution in [1.82, 2.24) is 46.4 Å². The van der Waals surface area contributed by atoms with Crippen LogP contribution in [0.15, 0.2) is 123 Å². The van der Waals surface area contributed by atoms with Crippen LogP contribution in [0.25, 0.3) is 83.1 Å². The van der Waals surface area contributed by atoms with Gasteiger partial charge in [0.15, 0.2) is 0 Å². The molecule has 18 nitrogen and oxygen atoms in total. The van der Waals surface area contributed by atoms with Crippen LogP contribution in [0.5, 0.6) is 17.2 Å². The van der Waals surface area contributed by atoms with E-state index < -0.39 is 69.2 Å². The van der Waals surface area contributed by atoms with Gasteiger partial charge >= 0.3 is 0 Å². The van der Waals surface area contributed by atoms with Crippen molar-refractivity contribution in [3.8, 4) is 85.8 Å². The van der Waals surface area contributed by atoms with Gasteiger partial charge in [0, 0.05) is 73.4 Å². The molecule has 0 fully saturated rings. The minimum Gasteiger partial charge on any atom is -0.502 e. The molecule has 0 radical (unpaired) electrons. The first kappa shape index (κ1) is 45.7. The predicted molar refractivity (Wildman–Crippen MR) is 350 cm³/mol. The molecule has 0 spiro atoms. The first-order chi connectivity index (χ1) is 49.7. The van der Waals surface area contributed by atoms with Crippen LogP contribution in [0.3, 0.4) is 0 Å². The molecule has 3 aromatic heterocycles. The van der Waals surface area contributed by atoms with Gasteiger partial charge in [0.1, 0.15) is 17.2 Å². The Morgan fingerprint density at radius 3 is 1.14 bits per heavy atom. The number of nitrogens with one attached hydrogen (secondary N) is 3. The minimum atomic E-state index is -2.46. The Bertz CT molecular complexity index is 4860. The number of nitrogens with zero attached hydrogens (tertiary/aromatic N) is 9. The van der Waals surface area contributed by atoms with Gasteiger partial charge in [-0.3, -0.25) is 0 Å². The molecule has 18 heteroatoms. The lowest BCUT2D eigenvalue weighted by Crippen LogP contribution is -2.19. The molecule has 0 amide bonds. The summed E-state index contributed by atoms with van der Waals surface area (Å²) in [5.74, 6) is 2.06. The highest BCUT2D eigenvalue weighted by Gasteiger charge is 2.30. The fourth-order valence-electron chi connectivity index (χ4n) is 9.83. The summed E-state index contributed by atoms with van der Waals surface area (Å²) in [7, 11) is 0. The van der Waals surface area contributed by atoms with E-state index in [1.165, 1.54) is 6.92 Å². The molecule has 90 heavy (non-hydrogen) atoms. The van der Waals surface area contributed by atoms with Gasteiger partial charge in [-0.05, 0) is 207 Å². The lowest BCUT2D eigenvalue weighted by atomic mass is 10.0. The molecule has 0 bridgehead atoms. The Kier molecular flexibility index (Phi) is 15.1. The van der Waals surface area contributed by atoms with Crippen LogP contribution in [-0.4, -0.2) is 68.3 Å². The van der Waals surface area contributed by atoms with Crippen molar-refractivity contribution in [1.29, 1.82) is 0 Å². The third-order valence-electron chi connectivity index (χ3n) is 13.8. The van der Waals surface area contributed by atoms with Crippen LogP contribution in [0, 0.1) is 19.7 Å². The molecule has 3 heterocycles. The first-order valence-corrected chi connectivity index (χ1v) is 29.4. The fourth-order valence-corrected chi connectivity index (χ4v) is 9.83. The maximum Gasteiger partial charge on any atom is 0.256 e. The van der Waals surface area contributed by atoms with E-state index in [1.807, 2.05) is 48.5 Å². The topological polar surface area (TPSA) is 194 Å². The van der Waals surface area contributed by atoms with Crippen molar-refractivity contribution in [3.05, 3.63) is 177 Å². The van der Waals surface area contributed by atoms with E-state index in [1.54, 1.807) is 116 Å². The second-order valence-electron chi connectivity index (χ2n) is 21.4. The predicted octanol–water partition coefficient (Wildman–Crippen LogP) is 17.2. The third kappa shape index (κ3) is 14.6. The molecular weight excluding hydrogens is 1130 g/mol. The van der Waals surface area contributed by atoms with E-state index in [4.69, 9.17) is 69.4 Å². The zero-order chi connectivity index (χ0) is 77.6. The van der Waals surface area contributed by atoms with Gasteiger partial charge in [0.05, 0.1) is 38.0 Å². The summed E-state index contributed by atoms with van der Waals surface area (Å²) in [5, 5.41) is 20.8. The van der Waals surface area contributed by atoms with Gasteiger partial charge in [-0.1, -0.05) is 90.8 Å². The molecule has 3 aliphatic carbocycles. The van der Waals surface area contributed by atoms with Crippen LogP contribution >= 0.6 is 0 Å². The van der Waals surface area contributed by atoms with Gasteiger partial charge in [0.2, 0.25) is 34.5 Å². The second kappa shape index (κ2) is 29.7. The maximum absolute atomic E-state index is 8.66. The van der Waals surface area contributed by atoms with Crippen LogP contribution in [0.2, 0.25) is 0 Å². The van der Waals surface area contributed by atoms with Crippen molar-refractivity contribution >= 4 is 17.1 Å². The number of fused-ring (bicyclic) bond motifs is 3. The van der Waals surface area contributed by atoms with Crippen molar-refractivity contribution < 1.29 is 49.7 Å². The summed E-state index contributed by atoms with van der Waals surface area (Å²) in [5.41, 5.74) is 4.93. The van der Waals surface area contributed by atoms with Crippen LogP contribution in [0.4, 0.5) is 17.1 Å². The first-order valence-electron chi connectivity index (χ1n) is 37.4. The highest BCUT2D eigenvalue weighted by molar-refractivity contribution is 5.74. The Labute approximate surface area is 550 Å². The molecule has 12 rings (SSSR count). The lowest BCUT2D eigenvalue weighted by molar-refractivity contribution is 0.244. The smallest absolute Gasteiger partial charge is 0.256 e. The van der Waals surface area contributed by atoms with E-state index in [0.29, 0.717) is 68.4 Å². The molecule has 3 aliphatic rings. The Hall–Kier alpha value is -9.51. The summed E-state index contributed by atoms with van der Waals surface area (Å²) in [6.45, 7) is 37.1. The van der Waals surface area contributed by atoms with Crippen molar-refractivity contribution in [2.75, 3.05) is 19.6 Å². The Morgan fingerprint density at radius 2 is 0.833 bits per heavy atom. The summed E-state index contributed by atoms with van der Waals surface area (Å²) >= 11 is 0. The second-order valence-corrected chi connectivity index (χ2v) is 21.4. The molecule has 6 aromatic carbocycles. The van der Waals surface area contributed by atoms with Crippen LogP contribution in [-0.2, 0) is 19.1 Å². The highest BCUT2D eigenvalue weighted by atomic mass is 16.5. The molecule has 0 unspecified atom stereocenters. The van der Waals surface area contributed by atoms with E-state index in [-0.39, 0.29) is 106 Å². The van der Waals surface area contributed by atoms with Gasteiger partial charge < -0.3 is 43.7 Å². The normalized spacial score (nSPS) is 21.5. The quantitative estimate of drug-likeness (QED) is 0.0575. The minimum absolute atomic E-state index is 0.0503. The number of hydrogen-bond acceptors (Lipinski definition) is 15. The zero-order valence-corrected chi connectivity index (χ0v) is 51.2. The summed E-state index contributed by atoms with van der Waals surface area (Å²) < 4.78 is 168. The molecule has 0 saturated carbocycles. The largest absolute Gasteiger partial charge is 0.502 e. The molecule has 0 saturated heterocycles. The average Bonchev–Trinajstić information content (AvgIpc) is 1.57. The summed E-state index contributed by atoms with van der Waals surface area (Å²) in [6, 6.07) is 26.6. The van der Waals surface area contributed by atoms with Crippen molar-refractivity contribution in [2.24, 2.45) is 0 Å². The fraction of sp³-hybridized carbons (Fsp3) is 0.375. The summed E-state index contributed by atoms with van der Waals surface area (Å²) in [6.07, 6.45) is -15.1. The van der Waals surface area contributed by atoms with E-state index in [2.05, 4.69) is 60.9 Å². The SMILES string of the molecule is [2H]C([2H])(C)CN[C@@H]1c2cccc(-c3noc(-c4ccc(OC(C)C)c([N+]#[C-])c4)n3)c2C([2H])([2H])C1([2H])[2H].[2H]C([2H])(CC)N[C@@H]1c2cccc(-c3noc(-c4ccc(OC(C)C)c([N+]#[C-])c4)n3)c2C([2H])([2H])C1([2H])[2H].[2H]C1([2H])c2c(-c3noc(-c4ccc(OC(C)C)c([N+]#[C-])c4)n3)cccc2[C@@H](NCCC)C1([2H])[2H]. The highest BCUT2D eigenvalue weighted by Crippen LogP contribution is 2.42. The molecule has 462 valence electrons. The zero-order valence-electron chi connectivity index (χ0n) is 67.2. The molecule has 0 aliphatic heterocycles. The van der Waals surface area contributed by atoms with E-state index in [0.717, 1.165) is 6.42 Å². The standard InChI is InChI=1S/3C24H26N4O2/c3*1-5-13-26-20-11-10-17-18(20)7-6-8-19(17)23-27-24(30-28-23)16-9-12-22(29-15(2)3)21(14-16)25-4/h3*6-9,12,14-15,20,26H,5,10-11,13H2,1-3H3/t3*20-/m000/s1/i10D2,11D2,13D2;5D2,10D2,11D2;10D2,11D2. The number of benzene rings is 6. The van der Waals surface area contributed by atoms with Gasteiger partial charge in [0.25, 0.3) is 17.7 Å². The monoisotopic (exact) mass is 1220 g/mol. The number of ether oxygens (including phenoxy) is 3.